The second-order valence-corrected chi connectivity index (χ2v) is 7.52. The van der Waals surface area contributed by atoms with E-state index in [0.717, 1.165) is 12.0 Å². The van der Waals surface area contributed by atoms with Crippen molar-refractivity contribution in [3.63, 3.8) is 0 Å². The van der Waals surface area contributed by atoms with Gasteiger partial charge in [-0.25, -0.2) is 4.79 Å². The summed E-state index contributed by atoms with van der Waals surface area (Å²) in [4.78, 5) is 35.7. The second kappa shape index (κ2) is 10.0. The third-order valence-corrected chi connectivity index (χ3v) is 5.29. The molecule has 1 aliphatic rings. The van der Waals surface area contributed by atoms with Crippen LogP contribution in [0.25, 0.3) is 0 Å². The van der Waals surface area contributed by atoms with E-state index in [4.69, 9.17) is 4.74 Å². The number of amides is 2. The van der Waals surface area contributed by atoms with Crippen molar-refractivity contribution < 1.29 is 24.2 Å². The minimum atomic E-state index is -1.13. The first-order valence-electron chi connectivity index (χ1n) is 8.62. The van der Waals surface area contributed by atoms with Crippen LogP contribution in [0.3, 0.4) is 0 Å². The number of hydrogen-bond donors (Lipinski definition) is 3. The fraction of sp³-hybridized carbons (Fsp3) is 0.421. The minimum Gasteiger partial charge on any atom is -0.497 e. The maximum absolute atomic E-state index is 12.6. The highest BCUT2D eigenvalue weighted by atomic mass is 32.2. The van der Waals surface area contributed by atoms with E-state index < -0.39 is 24.0 Å². The van der Waals surface area contributed by atoms with Crippen LogP contribution in [0.2, 0.25) is 0 Å². The molecule has 7 nitrogen and oxygen atoms in total. The minimum absolute atomic E-state index is 0.137. The number of thioether (sulfide) groups is 1. The number of carbonyl (C=O) groups excluding carboxylic acids is 2. The molecule has 1 aromatic carbocycles. The van der Waals surface area contributed by atoms with Crippen LogP contribution in [0.15, 0.2) is 35.7 Å². The van der Waals surface area contributed by atoms with Gasteiger partial charge in [-0.3, -0.25) is 9.59 Å². The summed E-state index contributed by atoms with van der Waals surface area (Å²) in [5.41, 5.74) is 0.759. The van der Waals surface area contributed by atoms with Gasteiger partial charge in [0.2, 0.25) is 11.8 Å². The third kappa shape index (κ3) is 6.63. The number of rotatable bonds is 9. The van der Waals surface area contributed by atoms with Crippen molar-refractivity contribution in [3.8, 4) is 5.75 Å². The smallest absolute Gasteiger partial charge is 0.326 e. The van der Waals surface area contributed by atoms with Crippen LogP contribution < -0.4 is 15.4 Å². The first kappa shape index (κ1) is 20.8. The van der Waals surface area contributed by atoms with Gasteiger partial charge in [0.1, 0.15) is 17.8 Å². The molecule has 3 atom stereocenters. The van der Waals surface area contributed by atoms with Crippen LogP contribution >= 0.6 is 11.8 Å². The molecule has 2 rings (SSSR count). The molecule has 0 aliphatic carbocycles. The Bertz CT molecular complexity index is 697. The first-order chi connectivity index (χ1) is 12.9. The summed E-state index contributed by atoms with van der Waals surface area (Å²) in [6.07, 6.45) is 3.42. The van der Waals surface area contributed by atoms with Crippen LogP contribution in [0, 0.1) is 0 Å². The highest BCUT2D eigenvalue weighted by molar-refractivity contribution is 8.03. The number of hydrogen-bond acceptors (Lipinski definition) is 5. The molecular formula is C19H24N2O5S. The summed E-state index contributed by atoms with van der Waals surface area (Å²) in [6, 6.07) is 5.13. The number of benzene rings is 1. The maximum Gasteiger partial charge on any atom is 0.326 e. The van der Waals surface area contributed by atoms with Gasteiger partial charge in [-0.15, -0.1) is 11.8 Å². The van der Waals surface area contributed by atoms with Gasteiger partial charge in [-0.05, 0) is 35.9 Å². The van der Waals surface area contributed by atoms with Crippen molar-refractivity contribution in [2.75, 3.05) is 7.11 Å². The van der Waals surface area contributed by atoms with Crippen molar-refractivity contribution in [1.82, 2.24) is 10.6 Å². The fourth-order valence-electron chi connectivity index (χ4n) is 2.79. The van der Waals surface area contributed by atoms with E-state index >= 15 is 0 Å². The lowest BCUT2D eigenvalue weighted by Crippen LogP contribution is -2.52. The third-order valence-electron chi connectivity index (χ3n) is 4.17. The summed E-state index contributed by atoms with van der Waals surface area (Å²) in [6.45, 7) is 1.34. The van der Waals surface area contributed by atoms with E-state index in [1.54, 1.807) is 43.1 Å². The van der Waals surface area contributed by atoms with Crippen molar-refractivity contribution in [3.05, 3.63) is 41.3 Å². The van der Waals surface area contributed by atoms with Gasteiger partial charge in [0.25, 0.3) is 0 Å². The van der Waals surface area contributed by atoms with Crippen LogP contribution in [-0.2, 0) is 20.8 Å². The van der Waals surface area contributed by atoms with Crippen LogP contribution in [-0.4, -0.2) is 47.3 Å². The molecule has 0 saturated carbocycles. The largest absolute Gasteiger partial charge is 0.497 e. The topological polar surface area (TPSA) is 105 Å². The van der Waals surface area contributed by atoms with Crippen molar-refractivity contribution in [2.24, 2.45) is 0 Å². The molecule has 1 aromatic rings. The Labute approximate surface area is 162 Å². The van der Waals surface area contributed by atoms with Gasteiger partial charge in [-0.2, -0.15) is 0 Å². The Morgan fingerprint density at radius 2 is 1.93 bits per heavy atom. The molecule has 0 spiro atoms. The zero-order valence-corrected chi connectivity index (χ0v) is 16.1. The highest BCUT2D eigenvalue weighted by Gasteiger charge is 2.28. The van der Waals surface area contributed by atoms with Crippen molar-refractivity contribution >= 4 is 29.5 Å². The summed E-state index contributed by atoms with van der Waals surface area (Å²) < 4.78 is 5.08. The standard InChI is InChI=1S/C19H24N2O5S/c1-12(22)20-16(11-15-4-3-9-27-15)18(23)21-17(19(24)25)10-13-5-7-14(26-2)8-6-13/h3,5-9,15-17H,4,10-11H2,1-2H3,(H,20,22)(H,21,23)(H,24,25)/t15?,16-,17-/m0/s1. The Morgan fingerprint density at radius 1 is 1.22 bits per heavy atom. The van der Waals surface area contributed by atoms with E-state index in [2.05, 4.69) is 10.6 Å². The molecule has 27 heavy (non-hydrogen) atoms. The predicted octanol–water partition coefficient (Wildman–Crippen LogP) is 1.72. The van der Waals surface area contributed by atoms with Gasteiger partial charge < -0.3 is 20.5 Å². The van der Waals surface area contributed by atoms with Gasteiger partial charge in [0.15, 0.2) is 0 Å². The quantitative estimate of drug-likeness (QED) is 0.591. The number of nitrogens with one attached hydrogen (secondary N) is 2. The van der Waals surface area contributed by atoms with Gasteiger partial charge in [0, 0.05) is 18.6 Å². The molecule has 1 aliphatic heterocycles. The number of aliphatic carboxylic acids is 1. The molecular weight excluding hydrogens is 368 g/mol. The molecule has 0 bridgehead atoms. The maximum atomic E-state index is 12.6. The Hall–Kier alpha value is -2.48. The Kier molecular flexibility index (Phi) is 7.72. The molecule has 8 heteroatoms. The van der Waals surface area contributed by atoms with Crippen LogP contribution in [0.5, 0.6) is 5.75 Å². The molecule has 1 unspecified atom stereocenters. The number of allylic oxidation sites excluding steroid dienone is 1. The van der Waals surface area contributed by atoms with E-state index in [-0.39, 0.29) is 17.6 Å². The van der Waals surface area contributed by atoms with E-state index in [1.165, 1.54) is 6.92 Å². The molecule has 0 saturated heterocycles. The zero-order chi connectivity index (χ0) is 19.8. The number of carboxylic acids is 1. The van der Waals surface area contributed by atoms with Gasteiger partial charge >= 0.3 is 5.97 Å². The summed E-state index contributed by atoms with van der Waals surface area (Å²) in [5.74, 6) is -1.27. The molecule has 3 N–H and O–H groups in total. The van der Waals surface area contributed by atoms with E-state index in [9.17, 15) is 19.5 Å². The number of ether oxygens (including phenoxy) is 1. The van der Waals surface area contributed by atoms with Crippen molar-refractivity contribution in [1.29, 1.82) is 0 Å². The Morgan fingerprint density at radius 3 is 2.44 bits per heavy atom. The SMILES string of the molecule is COc1ccc(C[C@H](NC(=O)[C@H](CC2CC=CS2)NC(C)=O)C(=O)O)cc1. The molecule has 1 heterocycles. The monoisotopic (exact) mass is 392 g/mol. The number of carboxylic acid groups (broad SMARTS) is 1. The van der Waals surface area contributed by atoms with E-state index in [0.29, 0.717) is 12.2 Å². The molecule has 0 aromatic heterocycles. The second-order valence-electron chi connectivity index (χ2n) is 6.31. The summed E-state index contributed by atoms with van der Waals surface area (Å²) in [5, 5.41) is 16.8. The molecule has 0 fully saturated rings. The molecule has 0 radical (unpaired) electrons. The van der Waals surface area contributed by atoms with Crippen LogP contribution in [0.4, 0.5) is 0 Å². The lowest BCUT2D eigenvalue weighted by molar-refractivity contribution is -0.142. The highest BCUT2D eigenvalue weighted by Crippen LogP contribution is 2.27. The first-order valence-corrected chi connectivity index (χ1v) is 9.57. The van der Waals surface area contributed by atoms with E-state index in [1.807, 2.05) is 11.5 Å². The predicted molar refractivity (Wildman–Crippen MR) is 104 cm³/mol. The summed E-state index contributed by atoms with van der Waals surface area (Å²) >= 11 is 1.61. The van der Waals surface area contributed by atoms with Crippen LogP contribution in [0.1, 0.15) is 25.3 Å². The van der Waals surface area contributed by atoms with Crippen molar-refractivity contribution in [2.45, 2.75) is 43.5 Å². The average molecular weight is 392 g/mol. The fourth-order valence-corrected chi connectivity index (χ4v) is 3.76. The number of methoxy groups -OCH3 is 1. The zero-order valence-electron chi connectivity index (χ0n) is 15.3. The lowest BCUT2D eigenvalue weighted by Gasteiger charge is -2.23. The van der Waals surface area contributed by atoms with Gasteiger partial charge in [-0.1, -0.05) is 18.2 Å². The molecule has 146 valence electrons. The summed E-state index contributed by atoms with van der Waals surface area (Å²) in [7, 11) is 1.55. The molecule has 2 amide bonds. The normalized spacial score (nSPS) is 17.8. The van der Waals surface area contributed by atoms with Gasteiger partial charge in [0.05, 0.1) is 7.11 Å². The lowest BCUT2D eigenvalue weighted by atomic mass is 10.0. The number of carbonyl (C=O) groups is 3. The average Bonchev–Trinajstić information content (AvgIpc) is 3.13. The Balaban J connectivity index is 2.02.